The number of fused-ring (bicyclic) bond motifs is 3. The average molecular weight is 337 g/mol. The van der Waals surface area contributed by atoms with Crippen molar-refractivity contribution in [2.24, 2.45) is 0 Å². The highest BCUT2D eigenvalue weighted by Crippen LogP contribution is 2.21. The second-order valence-corrected chi connectivity index (χ2v) is 5.98. The summed E-state index contributed by atoms with van der Waals surface area (Å²) in [6.45, 7) is 4.22. The summed E-state index contributed by atoms with van der Waals surface area (Å²) in [4.78, 5) is 19.4. The lowest BCUT2D eigenvalue weighted by Crippen LogP contribution is -2.11. The first-order valence-corrected chi connectivity index (χ1v) is 7.82. The molecule has 0 spiro atoms. The number of rotatable bonds is 4. The number of aryl methyl sites for hydroxylation is 1. The Morgan fingerprint density at radius 3 is 2.84 bits per heavy atom. The van der Waals surface area contributed by atoms with Crippen molar-refractivity contribution in [3.63, 3.8) is 0 Å². The second-order valence-electron chi connectivity index (χ2n) is 5.98. The van der Waals surface area contributed by atoms with E-state index < -0.39 is 4.92 Å². The maximum atomic E-state index is 10.9. The van der Waals surface area contributed by atoms with Crippen LogP contribution in [-0.4, -0.2) is 34.3 Å². The molecule has 3 aromatic heterocycles. The molecule has 9 nitrogen and oxygen atoms in total. The van der Waals surface area contributed by atoms with Gasteiger partial charge in [-0.25, -0.2) is 14.5 Å². The van der Waals surface area contributed by atoms with Gasteiger partial charge in [0.25, 0.3) is 0 Å². The molecule has 1 atom stereocenters. The van der Waals surface area contributed by atoms with Crippen LogP contribution in [0.4, 0.5) is 5.82 Å². The zero-order valence-corrected chi connectivity index (χ0v) is 13.7. The summed E-state index contributed by atoms with van der Waals surface area (Å²) in [5, 5.41) is 20.3. The molecule has 4 rings (SSSR count). The van der Waals surface area contributed by atoms with Gasteiger partial charge in [-0.15, -0.1) is 5.10 Å². The van der Waals surface area contributed by atoms with Gasteiger partial charge >= 0.3 is 5.82 Å². The van der Waals surface area contributed by atoms with Crippen molar-refractivity contribution >= 4 is 22.4 Å². The van der Waals surface area contributed by atoms with Gasteiger partial charge in [0.1, 0.15) is 6.33 Å². The normalized spacial score (nSPS) is 12.7. The van der Waals surface area contributed by atoms with Crippen LogP contribution in [0, 0.1) is 17.0 Å². The molecule has 0 radical (unpaired) electrons. The molecule has 25 heavy (non-hydrogen) atoms. The number of para-hydroxylation sites is 1. The Morgan fingerprint density at radius 1 is 1.28 bits per heavy atom. The quantitative estimate of drug-likeness (QED) is 0.418. The lowest BCUT2D eigenvalue weighted by atomic mass is 10.1. The molecule has 0 unspecified atom stereocenters. The molecule has 0 aliphatic rings. The zero-order chi connectivity index (χ0) is 17.6. The van der Waals surface area contributed by atoms with Crippen molar-refractivity contribution in [1.82, 2.24) is 29.4 Å². The van der Waals surface area contributed by atoms with Gasteiger partial charge in [0.15, 0.2) is 11.5 Å². The van der Waals surface area contributed by atoms with Gasteiger partial charge in [0.05, 0.1) is 28.9 Å². The van der Waals surface area contributed by atoms with Crippen LogP contribution in [-0.2, 0) is 6.54 Å². The summed E-state index contributed by atoms with van der Waals surface area (Å²) in [6, 6.07) is 9.22. The van der Waals surface area contributed by atoms with Crippen LogP contribution in [0.2, 0.25) is 0 Å². The molecular weight excluding hydrogens is 322 g/mol. The molecule has 0 aliphatic carbocycles. The second kappa shape index (κ2) is 5.62. The first-order chi connectivity index (χ1) is 12.0. The SMILES string of the molecule is Cc1cc([N+](=O)[O-])nn1C[C@H](C)c1nc2c3ccccc3ncn2n1. The van der Waals surface area contributed by atoms with Crippen molar-refractivity contribution in [2.45, 2.75) is 26.3 Å². The van der Waals surface area contributed by atoms with E-state index in [2.05, 4.69) is 20.2 Å². The Kier molecular flexibility index (Phi) is 3.41. The van der Waals surface area contributed by atoms with E-state index in [0.717, 1.165) is 22.2 Å². The molecule has 0 bridgehead atoms. The topological polar surface area (TPSA) is 104 Å². The van der Waals surface area contributed by atoms with Gasteiger partial charge in [-0.3, -0.25) is 0 Å². The fourth-order valence-electron chi connectivity index (χ4n) is 2.81. The zero-order valence-electron chi connectivity index (χ0n) is 13.7. The predicted molar refractivity (Wildman–Crippen MR) is 90.3 cm³/mol. The van der Waals surface area contributed by atoms with E-state index in [4.69, 9.17) is 0 Å². The van der Waals surface area contributed by atoms with Gasteiger partial charge in [-0.1, -0.05) is 19.1 Å². The van der Waals surface area contributed by atoms with Crippen LogP contribution in [0.3, 0.4) is 0 Å². The van der Waals surface area contributed by atoms with E-state index in [1.165, 1.54) is 6.07 Å². The number of hydrogen-bond donors (Lipinski definition) is 0. The van der Waals surface area contributed by atoms with Crippen molar-refractivity contribution in [3.8, 4) is 0 Å². The standard InChI is InChI=1S/C16H15N7O2/c1-10(8-21-11(2)7-14(19-21)23(24)25)15-18-16-12-5-3-4-6-13(12)17-9-22(16)20-15/h3-7,9-10H,8H2,1-2H3/t10-/m0/s1. The van der Waals surface area contributed by atoms with Crippen LogP contribution >= 0.6 is 0 Å². The fraction of sp³-hybridized carbons (Fsp3) is 0.250. The lowest BCUT2D eigenvalue weighted by molar-refractivity contribution is -0.389. The minimum absolute atomic E-state index is 0.0585. The number of nitro groups is 1. The molecule has 3 heterocycles. The first-order valence-electron chi connectivity index (χ1n) is 7.82. The summed E-state index contributed by atoms with van der Waals surface area (Å²) in [5.41, 5.74) is 2.34. The number of benzene rings is 1. The molecule has 0 saturated heterocycles. The predicted octanol–water partition coefficient (Wildman–Crippen LogP) is 2.49. The van der Waals surface area contributed by atoms with Gasteiger partial charge in [-0.05, 0) is 24.0 Å². The lowest BCUT2D eigenvalue weighted by Gasteiger charge is -2.05. The van der Waals surface area contributed by atoms with Crippen LogP contribution in [0.15, 0.2) is 36.7 Å². The number of nitrogens with zero attached hydrogens (tertiary/aromatic N) is 7. The summed E-state index contributed by atoms with van der Waals surface area (Å²) in [5.74, 6) is 0.440. The molecule has 4 aromatic rings. The third-order valence-electron chi connectivity index (χ3n) is 4.14. The van der Waals surface area contributed by atoms with Crippen molar-refractivity contribution in [1.29, 1.82) is 0 Å². The maximum Gasteiger partial charge on any atom is 0.390 e. The molecule has 1 aromatic carbocycles. The molecule has 0 aliphatic heterocycles. The summed E-state index contributed by atoms with van der Waals surface area (Å²) < 4.78 is 3.28. The number of aromatic nitrogens is 6. The van der Waals surface area contributed by atoms with E-state index >= 15 is 0 Å². The van der Waals surface area contributed by atoms with E-state index in [1.54, 1.807) is 22.4 Å². The highest BCUT2D eigenvalue weighted by atomic mass is 16.6. The van der Waals surface area contributed by atoms with Crippen LogP contribution in [0.5, 0.6) is 0 Å². The van der Waals surface area contributed by atoms with E-state index in [9.17, 15) is 10.1 Å². The van der Waals surface area contributed by atoms with E-state index in [0.29, 0.717) is 12.4 Å². The van der Waals surface area contributed by atoms with Crippen molar-refractivity contribution < 1.29 is 4.92 Å². The van der Waals surface area contributed by atoms with Crippen molar-refractivity contribution in [2.75, 3.05) is 0 Å². The Morgan fingerprint density at radius 2 is 2.08 bits per heavy atom. The summed E-state index contributed by atoms with van der Waals surface area (Å²) >= 11 is 0. The molecule has 0 saturated carbocycles. The summed E-state index contributed by atoms with van der Waals surface area (Å²) in [6.07, 6.45) is 1.64. The Labute approximate surface area is 142 Å². The van der Waals surface area contributed by atoms with E-state index in [-0.39, 0.29) is 11.7 Å². The average Bonchev–Trinajstić information content (AvgIpc) is 3.19. The van der Waals surface area contributed by atoms with Crippen LogP contribution < -0.4 is 0 Å². The third-order valence-corrected chi connectivity index (χ3v) is 4.14. The fourth-order valence-corrected chi connectivity index (χ4v) is 2.81. The third kappa shape index (κ3) is 2.59. The molecule has 9 heteroatoms. The van der Waals surface area contributed by atoms with Gasteiger partial charge in [0, 0.05) is 11.3 Å². The van der Waals surface area contributed by atoms with Gasteiger partial charge in [-0.2, -0.15) is 4.68 Å². The molecule has 126 valence electrons. The molecule has 0 N–H and O–H groups in total. The smallest absolute Gasteiger partial charge is 0.358 e. The Hall–Kier alpha value is -3.36. The minimum atomic E-state index is -0.491. The highest BCUT2D eigenvalue weighted by Gasteiger charge is 2.20. The molecule has 0 fully saturated rings. The first kappa shape index (κ1) is 15.2. The Bertz CT molecular complexity index is 1100. The molecule has 0 amide bonds. The summed E-state index contributed by atoms with van der Waals surface area (Å²) in [7, 11) is 0. The number of hydrogen-bond acceptors (Lipinski definition) is 6. The van der Waals surface area contributed by atoms with Gasteiger partial charge in [0.2, 0.25) is 0 Å². The monoisotopic (exact) mass is 337 g/mol. The maximum absolute atomic E-state index is 10.9. The van der Waals surface area contributed by atoms with Crippen LogP contribution in [0.25, 0.3) is 16.6 Å². The van der Waals surface area contributed by atoms with Gasteiger partial charge < -0.3 is 10.1 Å². The molecular formula is C16H15N7O2. The largest absolute Gasteiger partial charge is 0.390 e. The van der Waals surface area contributed by atoms with E-state index in [1.807, 2.05) is 31.2 Å². The Balaban J connectivity index is 1.69. The minimum Gasteiger partial charge on any atom is -0.358 e. The van der Waals surface area contributed by atoms with Crippen molar-refractivity contribution in [3.05, 3.63) is 58.3 Å². The van der Waals surface area contributed by atoms with Crippen LogP contribution in [0.1, 0.15) is 24.4 Å². The highest BCUT2D eigenvalue weighted by molar-refractivity contribution is 5.90.